The molecular weight excluding hydrogens is 411 g/mol. The maximum atomic E-state index is 12.9. The summed E-state index contributed by atoms with van der Waals surface area (Å²) in [6, 6.07) is 12.8. The number of amides is 1. The Kier molecular flexibility index (Phi) is 6.55. The molecule has 0 bridgehead atoms. The number of para-hydroxylation sites is 1. The summed E-state index contributed by atoms with van der Waals surface area (Å²) < 4.78 is 38.6. The molecule has 0 heterocycles. The van der Waals surface area contributed by atoms with Gasteiger partial charge in [0.15, 0.2) is 0 Å². The second-order valence-corrected chi connectivity index (χ2v) is 8.21. The molecule has 0 radical (unpaired) electrons. The molecule has 0 fully saturated rings. The van der Waals surface area contributed by atoms with Crippen molar-refractivity contribution in [1.82, 2.24) is 5.32 Å². The van der Waals surface area contributed by atoms with Gasteiger partial charge in [0.2, 0.25) is 15.9 Å². The van der Waals surface area contributed by atoms with Gasteiger partial charge in [-0.25, -0.2) is 12.8 Å². The first-order valence-corrected chi connectivity index (χ1v) is 10.1. The SMILES string of the molecule is CS(=O)(=O)N(CC(=O)NCCc1ccc(F)cc1)c1ccccc1Br. The molecular formula is C17H18BrFN2O3S. The maximum absolute atomic E-state index is 12.9. The van der Waals surface area contributed by atoms with Gasteiger partial charge < -0.3 is 5.32 Å². The van der Waals surface area contributed by atoms with Crippen molar-refractivity contribution in [2.24, 2.45) is 0 Å². The molecule has 0 aliphatic rings. The van der Waals surface area contributed by atoms with Gasteiger partial charge in [0.25, 0.3) is 0 Å². The second-order valence-electron chi connectivity index (χ2n) is 5.45. The molecule has 8 heteroatoms. The van der Waals surface area contributed by atoms with E-state index in [0.29, 0.717) is 23.1 Å². The van der Waals surface area contributed by atoms with E-state index in [1.807, 2.05) is 0 Å². The van der Waals surface area contributed by atoms with Gasteiger partial charge in [0.05, 0.1) is 11.9 Å². The van der Waals surface area contributed by atoms with Crippen molar-refractivity contribution in [3.63, 3.8) is 0 Å². The molecule has 1 amide bonds. The molecule has 2 rings (SSSR count). The van der Waals surface area contributed by atoms with E-state index in [9.17, 15) is 17.6 Å². The number of halogens is 2. The van der Waals surface area contributed by atoms with E-state index < -0.39 is 15.9 Å². The standard InChI is InChI=1S/C17H18BrFN2O3S/c1-25(23,24)21(16-5-3-2-4-15(16)18)12-17(22)20-11-10-13-6-8-14(19)9-7-13/h2-9H,10-12H2,1H3,(H,20,22). The predicted molar refractivity (Wildman–Crippen MR) is 99.4 cm³/mol. The van der Waals surface area contributed by atoms with Crippen LogP contribution in [0.4, 0.5) is 10.1 Å². The van der Waals surface area contributed by atoms with Crippen molar-refractivity contribution in [2.45, 2.75) is 6.42 Å². The largest absolute Gasteiger partial charge is 0.354 e. The lowest BCUT2D eigenvalue weighted by atomic mass is 10.1. The van der Waals surface area contributed by atoms with Crippen molar-refractivity contribution >= 4 is 37.5 Å². The van der Waals surface area contributed by atoms with Crippen LogP contribution in [0.3, 0.4) is 0 Å². The maximum Gasteiger partial charge on any atom is 0.240 e. The van der Waals surface area contributed by atoms with Crippen LogP contribution in [0.1, 0.15) is 5.56 Å². The summed E-state index contributed by atoms with van der Waals surface area (Å²) in [4.78, 5) is 12.1. The van der Waals surface area contributed by atoms with Crippen LogP contribution in [0.2, 0.25) is 0 Å². The molecule has 0 saturated carbocycles. The van der Waals surface area contributed by atoms with Crippen molar-refractivity contribution in [3.8, 4) is 0 Å². The van der Waals surface area contributed by atoms with Gasteiger partial charge in [0.1, 0.15) is 12.4 Å². The van der Waals surface area contributed by atoms with Crippen LogP contribution in [0.5, 0.6) is 0 Å². The summed E-state index contributed by atoms with van der Waals surface area (Å²) in [6.07, 6.45) is 1.58. The van der Waals surface area contributed by atoms with Gasteiger partial charge in [-0.15, -0.1) is 0 Å². The Morgan fingerprint density at radius 2 is 1.80 bits per heavy atom. The van der Waals surface area contributed by atoms with Gasteiger partial charge in [-0.1, -0.05) is 24.3 Å². The highest BCUT2D eigenvalue weighted by atomic mass is 79.9. The zero-order chi connectivity index (χ0) is 18.4. The molecule has 0 saturated heterocycles. The number of nitrogens with one attached hydrogen (secondary N) is 1. The fraction of sp³-hybridized carbons (Fsp3) is 0.235. The Morgan fingerprint density at radius 3 is 2.40 bits per heavy atom. The predicted octanol–water partition coefficient (Wildman–Crippen LogP) is 2.71. The number of carbonyl (C=O) groups excluding carboxylic acids is 1. The smallest absolute Gasteiger partial charge is 0.240 e. The van der Waals surface area contributed by atoms with E-state index in [2.05, 4.69) is 21.2 Å². The summed E-state index contributed by atoms with van der Waals surface area (Å²) in [5.74, 6) is -0.728. The summed E-state index contributed by atoms with van der Waals surface area (Å²) >= 11 is 3.30. The first-order chi connectivity index (χ1) is 11.8. The highest BCUT2D eigenvalue weighted by molar-refractivity contribution is 9.10. The van der Waals surface area contributed by atoms with Gasteiger partial charge in [0, 0.05) is 11.0 Å². The Morgan fingerprint density at radius 1 is 1.16 bits per heavy atom. The lowest BCUT2D eigenvalue weighted by Crippen LogP contribution is -2.41. The highest BCUT2D eigenvalue weighted by Crippen LogP contribution is 2.27. The lowest BCUT2D eigenvalue weighted by Gasteiger charge is -2.23. The third-order valence-corrected chi connectivity index (χ3v) is 5.25. The number of benzene rings is 2. The Bertz CT molecular complexity index is 841. The number of hydrogen-bond donors (Lipinski definition) is 1. The molecule has 1 N–H and O–H groups in total. The summed E-state index contributed by atoms with van der Waals surface area (Å²) in [7, 11) is -3.62. The molecule has 0 spiro atoms. The molecule has 25 heavy (non-hydrogen) atoms. The molecule has 0 aromatic heterocycles. The van der Waals surface area contributed by atoms with Gasteiger partial charge >= 0.3 is 0 Å². The van der Waals surface area contributed by atoms with E-state index in [0.717, 1.165) is 16.1 Å². The van der Waals surface area contributed by atoms with E-state index in [-0.39, 0.29) is 12.4 Å². The molecule has 2 aromatic carbocycles. The number of rotatable bonds is 7. The van der Waals surface area contributed by atoms with Crippen LogP contribution in [0, 0.1) is 5.82 Å². The quantitative estimate of drug-likeness (QED) is 0.736. The Labute approximate surface area is 155 Å². The summed E-state index contributed by atoms with van der Waals surface area (Å²) in [5, 5.41) is 2.68. The first-order valence-electron chi connectivity index (χ1n) is 7.51. The van der Waals surface area contributed by atoms with Crippen molar-refractivity contribution < 1.29 is 17.6 Å². The van der Waals surface area contributed by atoms with Crippen LogP contribution < -0.4 is 9.62 Å². The molecule has 0 aliphatic carbocycles. The molecule has 5 nitrogen and oxygen atoms in total. The normalized spacial score (nSPS) is 11.2. The van der Waals surface area contributed by atoms with E-state index >= 15 is 0 Å². The van der Waals surface area contributed by atoms with Gasteiger partial charge in [-0.2, -0.15) is 0 Å². The minimum atomic E-state index is -3.62. The summed E-state index contributed by atoms with van der Waals surface area (Å²) in [5.41, 5.74) is 1.28. The van der Waals surface area contributed by atoms with Crippen LogP contribution >= 0.6 is 15.9 Å². The monoisotopic (exact) mass is 428 g/mol. The third-order valence-electron chi connectivity index (χ3n) is 3.46. The first kappa shape index (κ1) is 19.4. The topological polar surface area (TPSA) is 66.5 Å². The summed E-state index contributed by atoms with van der Waals surface area (Å²) in [6.45, 7) is 0.0168. The fourth-order valence-electron chi connectivity index (χ4n) is 2.22. The molecule has 0 aliphatic heterocycles. The third kappa shape index (κ3) is 5.82. The second kappa shape index (κ2) is 8.44. The molecule has 134 valence electrons. The lowest BCUT2D eigenvalue weighted by molar-refractivity contribution is -0.119. The van der Waals surface area contributed by atoms with E-state index in [4.69, 9.17) is 0 Å². The average Bonchev–Trinajstić information content (AvgIpc) is 2.54. The number of hydrogen-bond acceptors (Lipinski definition) is 3. The number of carbonyl (C=O) groups is 1. The molecule has 0 atom stereocenters. The van der Waals surface area contributed by atoms with E-state index in [1.54, 1.807) is 36.4 Å². The van der Waals surface area contributed by atoms with Crippen molar-refractivity contribution in [1.29, 1.82) is 0 Å². The zero-order valence-corrected chi connectivity index (χ0v) is 16.0. The number of anilines is 1. The fourth-order valence-corrected chi connectivity index (χ4v) is 3.70. The number of sulfonamides is 1. The highest BCUT2D eigenvalue weighted by Gasteiger charge is 2.22. The van der Waals surface area contributed by atoms with Crippen LogP contribution in [-0.2, 0) is 21.2 Å². The van der Waals surface area contributed by atoms with E-state index in [1.165, 1.54) is 12.1 Å². The van der Waals surface area contributed by atoms with Crippen molar-refractivity contribution in [3.05, 3.63) is 64.4 Å². The number of nitrogens with zero attached hydrogens (tertiary/aromatic N) is 1. The Balaban J connectivity index is 1.98. The van der Waals surface area contributed by atoms with Gasteiger partial charge in [-0.3, -0.25) is 9.10 Å². The van der Waals surface area contributed by atoms with Crippen LogP contribution in [0.25, 0.3) is 0 Å². The Hall–Kier alpha value is -1.93. The molecule has 2 aromatic rings. The van der Waals surface area contributed by atoms with Gasteiger partial charge in [-0.05, 0) is 52.2 Å². The average molecular weight is 429 g/mol. The molecule has 0 unspecified atom stereocenters. The minimum Gasteiger partial charge on any atom is -0.354 e. The minimum absolute atomic E-state index is 0.315. The zero-order valence-electron chi connectivity index (χ0n) is 13.6. The van der Waals surface area contributed by atoms with Crippen LogP contribution in [-0.4, -0.2) is 33.7 Å². The van der Waals surface area contributed by atoms with Crippen molar-refractivity contribution in [2.75, 3.05) is 23.7 Å². The van der Waals surface area contributed by atoms with Crippen LogP contribution in [0.15, 0.2) is 53.0 Å².